The Morgan fingerprint density at radius 3 is 2.76 bits per heavy atom. The molecule has 0 unspecified atom stereocenters. The van der Waals surface area contributed by atoms with Crippen LogP contribution >= 0.6 is 0 Å². The fourth-order valence-electron chi connectivity index (χ4n) is 3.34. The normalized spacial score (nSPS) is 17.0. The van der Waals surface area contributed by atoms with Crippen molar-refractivity contribution in [3.8, 4) is 0 Å². The minimum absolute atomic E-state index is 0.00273. The topological polar surface area (TPSA) is 75.0 Å². The standard InChI is InChI=1S/C18H22N4O3/c1-3-20(4-2)18(25)14-8-7-11-21(14)16(23)13-12-19-15-9-5-6-10-22(15)17(13)24/h5-6,9-10,12,14H,3-4,7-8,11H2,1-2H3/t14-/m1/s1. The summed E-state index contributed by atoms with van der Waals surface area (Å²) in [7, 11) is 0. The van der Waals surface area contributed by atoms with Gasteiger partial charge in [-0.3, -0.25) is 18.8 Å². The van der Waals surface area contributed by atoms with Crippen LogP contribution in [-0.4, -0.2) is 56.7 Å². The van der Waals surface area contributed by atoms with Gasteiger partial charge in [-0.05, 0) is 38.8 Å². The van der Waals surface area contributed by atoms with E-state index < -0.39 is 17.5 Å². The number of carbonyl (C=O) groups excluding carboxylic acids is 2. The quantitative estimate of drug-likeness (QED) is 0.836. The number of pyridine rings is 1. The van der Waals surface area contributed by atoms with Crippen LogP contribution in [0.1, 0.15) is 37.0 Å². The Morgan fingerprint density at radius 2 is 2.04 bits per heavy atom. The minimum Gasteiger partial charge on any atom is -0.341 e. The van der Waals surface area contributed by atoms with Crippen LogP contribution in [0.3, 0.4) is 0 Å². The molecule has 7 heteroatoms. The number of amides is 2. The zero-order valence-electron chi connectivity index (χ0n) is 14.5. The van der Waals surface area contributed by atoms with Crippen molar-refractivity contribution in [3.05, 3.63) is 46.5 Å². The highest BCUT2D eigenvalue weighted by Gasteiger charge is 2.37. The van der Waals surface area contributed by atoms with Crippen LogP contribution in [-0.2, 0) is 4.79 Å². The number of aromatic nitrogens is 2. The molecule has 0 spiro atoms. The molecule has 0 bridgehead atoms. The number of hydrogen-bond donors (Lipinski definition) is 0. The van der Waals surface area contributed by atoms with Crippen molar-refractivity contribution in [2.24, 2.45) is 0 Å². The summed E-state index contributed by atoms with van der Waals surface area (Å²) < 4.78 is 1.35. The Labute approximate surface area is 145 Å². The first-order valence-electron chi connectivity index (χ1n) is 8.64. The van der Waals surface area contributed by atoms with Crippen LogP contribution in [0, 0.1) is 0 Å². The monoisotopic (exact) mass is 342 g/mol. The number of likely N-dealkylation sites (tertiary alicyclic amines) is 1. The maximum absolute atomic E-state index is 12.9. The molecule has 1 aliphatic heterocycles. The van der Waals surface area contributed by atoms with Gasteiger partial charge in [-0.25, -0.2) is 4.98 Å². The molecule has 132 valence electrons. The molecule has 1 atom stereocenters. The minimum atomic E-state index is -0.497. The Morgan fingerprint density at radius 1 is 1.28 bits per heavy atom. The van der Waals surface area contributed by atoms with Crippen LogP contribution in [0.15, 0.2) is 35.4 Å². The van der Waals surface area contributed by atoms with E-state index in [9.17, 15) is 14.4 Å². The first kappa shape index (κ1) is 17.1. The van der Waals surface area contributed by atoms with E-state index in [0.29, 0.717) is 31.7 Å². The number of hydrogen-bond acceptors (Lipinski definition) is 4. The molecule has 25 heavy (non-hydrogen) atoms. The van der Waals surface area contributed by atoms with E-state index >= 15 is 0 Å². The molecule has 0 aromatic carbocycles. The lowest BCUT2D eigenvalue weighted by Crippen LogP contribution is -2.48. The number of fused-ring (bicyclic) bond motifs is 1. The Bertz CT molecular complexity index is 857. The van der Waals surface area contributed by atoms with Crippen LogP contribution < -0.4 is 5.56 Å². The van der Waals surface area contributed by atoms with Gasteiger partial charge < -0.3 is 9.80 Å². The molecule has 3 heterocycles. The lowest BCUT2D eigenvalue weighted by Gasteiger charge is -2.28. The number of likely N-dealkylation sites (N-methyl/N-ethyl adjacent to an activating group) is 1. The SMILES string of the molecule is CCN(CC)C(=O)[C@H]1CCCN1C(=O)c1cnc2ccccn2c1=O. The summed E-state index contributed by atoms with van der Waals surface area (Å²) in [5.74, 6) is -0.469. The molecule has 1 aliphatic rings. The van der Waals surface area contributed by atoms with Crippen molar-refractivity contribution in [1.82, 2.24) is 19.2 Å². The summed E-state index contributed by atoms with van der Waals surface area (Å²) in [6, 6.07) is 4.71. The summed E-state index contributed by atoms with van der Waals surface area (Å²) in [5.41, 5.74) is 0.0840. The molecular formula is C18H22N4O3. The molecule has 0 saturated carbocycles. The third kappa shape index (κ3) is 3.01. The van der Waals surface area contributed by atoms with E-state index in [4.69, 9.17) is 0 Å². The summed E-state index contributed by atoms with van der Waals surface area (Å²) in [6.07, 6.45) is 4.29. The maximum Gasteiger partial charge on any atom is 0.270 e. The van der Waals surface area contributed by atoms with E-state index in [-0.39, 0.29) is 11.5 Å². The van der Waals surface area contributed by atoms with Gasteiger partial charge in [0.25, 0.3) is 11.5 Å². The molecule has 1 saturated heterocycles. The first-order chi connectivity index (χ1) is 12.1. The highest BCUT2D eigenvalue weighted by Crippen LogP contribution is 2.21. The van der Waals surface area contributed by atoms with E-state index in [0.717, 1.165) is 6.42 Å². The highest BCUT2D eigenvalue weighted by atomic mass is 16.2. The van der Waals surface area contributed by atoms with E-state index in [1.54, 1.807) is 29.3 Å². The Balaban J connectivity index is 1.93. The zero-order chi connectivity index (χ0) is 18.0. The average molecular weight is 342 g/mol. The molecule has 7 nitrogen and oxygen atoms in total. The Kier molecular flexibility index (Phi) is 4.83. The van der Waals surface area contributed by atoms with Gasteiger partial charge >= 0.3 is 0 Å². The van der Waals surface area contributed by atoms with Crippen LogP contribution in [0.2, 0.25) is 0 Å². The highest BCUT2D eigenvalue weighted by molar-refractivity contribution is 5.97. The average Bonchev–Trinajstić information content (AvgIpc) is 3.12. The van der Waals surface area contributed by atoms with Crippen molar-refractivity contribution in [3.63, 3.8) is 0 Å². The second-order valence-electron chi connectivity index (χ2n) is 6.07. The molecule has 2 aromatic rings. The van der Waals surface area contributed by atoms with Gasteiger partial charge in [-0.2, -0.15) is 0 Å². The molecule has 0 radical (unpaired) electrons. The van der Waals surface area contributed by atoms with Crippen LogP contribution in [0.25, 0.3) is 5.65 Å². The van der Waals surface area contributed by atoms with Gasteiger partial charge in [0.05, 0.1) is 0 Å². The lowest BCUT2D eigenvalue weighted by molar-refractivity contribution is -0.134. The molecule has 2 aromatic heterocycles. The smallest absolute Gasteiger partial charge is 0.270 e. The molecule has 2 amide bonds. The third-order valence-electron chi connectivity index (χ3n) is 4.72. The summed E-state index contributed by atoms with van der Waals surface area (Å²) in [6.45, 7) is 5.53. The number of rotatable bonds is 4. The Hall–Kier alpha value is -2.70. The first-order valence-corrected chi connectivity index (χ1v) is 8.64. The number of carbonyl (C=O) groups is 2. The molecular weight excluding hydrogens is 320 g/mol. The number of nitrogens with zero attached hydrogens (tertiary/aromatic N) is 4. The van der Waals surface area contributed by atoms with Crippen LogP contribution in [0.5, 0.6) is 0 Å². The van der Waals surface area contributed by atoms with Gasteiger partial charge in [0.1, 0.15) is 17.3 Å². The van der Waals surface area contributed by atoms with Crippen molar-refractivity contribution in [2.45, 2.75) is 32.7 Å². The van der Waals surface area contributed by atoms with Gasteiger partial charge in [-0.15, -0.1) is 0 Å². The molecule has 3 rings (SSSR count). The largest absolute Gasteiger partial charge is 0.341 e. The summed E-state index contributed by atoms with van der Waals surface area (Å²) in [4.78, 5) is 45.7. The molecule has 0 N–H and O–H groups in total. The second-order valence-corrected chi connectivity index (χ2v) is 6.07. The maximum atomic E-state index is 12.9. The van der Waals surface area contributed by atoms with Crippen molar-refractivity contribution in [1.29, 1.82) is 0 Å². The van der Waals surface area contributed by atoms with Crippen molar-refractivity contribution >= 4 is 17.5 Å². The van der Waals surface area contributed by atoms with Gasteiger partial charge in [0.2, 0.25) is 5.91 Å². The lowest BCUT2D eigenvalue weighted by atomic mass is 10.1. The zero-order valence-corrected chi connectivity index (χ0v) is 14.5. The fraction of sp³-hybridized carbons (Fsp3) is 0.444. The second kappa shape index (κ2) is 7.04. The molecule has 1 fully saturated rings. The van der Waals surface area contributed by atoms with Gasteiger partial charge in [-0.1, -0.05) is 6.07 Å². The summed E-state index contributed by atoms with van der Waals surface area (Å²) >= 11 is 0. The van der Waals surface area contributed by atoms with Crippen molar-refractivity contribution < 1.29 is 9.59 Å². The van der Waals surface area contributed by atoms with Gasteiger partial charge in [0.15, 0.2) is 0 Å². The summed E-state index contributed by atoms with van der Waals surface area (Å²) in [5, 5.41) is 0. The van der Waals surface area contributed by atoms with Gasteiger partial charge in [0, 0.05) is 32.0 Å². The predicted octanol–water partition coefficient (Wildman–Crippen LogP) is 1.17. The van der Waals surface area contributed by atoms with Crippen LogP contribution in [0.4, 0.5) is 0 Å². The third-order valence-corrected chi connectivity index (χ3v) is 4.72. The van der Waals surface area contributed by atoms with E-state index in [1.807, 2.05) is 13.8 Å². The van der Waals surface area contributed by atoms with Crippen molar-refractivity contribution in [2.75, 3.05) is 19.6 Å². The van der Waals surface area contributed by atoms with E-state index in [1.165, 1.54) is 15.5 Å². The predicted molar refractivity (Wildman–Crippen MR) is 93.4 cm³/mol. The molecule has 0 aliphatic carbocycles. The fourth-order valence-corrected chi connectivity index (χ4v) is 3.34. The van der Waals surface area contributed by atoms with E-state index in [2.05, 4.69) is 4.98 Å².